The summed E-state index contributed by atoms with van der Waals surface area (Å²) in [7, 11) is -3.86. The van der Waals surface area contributed by atoms with Gasteiger partial charge in [0.2, 0.25) is 6.79 Å². The number of ether oxygens (including phenoxy) is 2. The van der Waals surface area contributed by atoms with Crippen molar-refractivity contribution < 1.29 is 27.8 Å². The van der Waals surface area contributed by atoms with Crippen LogP contribution in [0, 0.1) is 6.92 Å². The first kappa shape index (κ1) is 17.4. The molecule has 7 nitrogen and oxygen atoms in total. The molecule has 1 aliphatic heterocycles. The number of aliphatic carboxylic acids is 1. The molecule has 3 aromatic rings. The SMILES string of the molecule is Cc1ccccc1S(=O)(=O)n1cc(CCC(=O)O)c2cc3c(cc21)OCO3. The highest BCUT2D eigenvalue weighted by atomic mass is 32.2. The molecule has 0 amide bonds. The lowest BCUT2D eigenvalue weighted by molar-refractivity contribution is -0.136. The highest BCUT2D eigenvalue weighted by Gasteiger charge is 2.25. The first-order chi connectivity index (χ1) is 12.9. The second-order valence-corrected chi connectivity index (χ2v) is 8.12. The highest BCUT2D eigenvalue weighted by molar-refractivity contribution is 7.90. The number of hydrogen-bond acceptors (Lipinski definition) is 5. The minimum Gasteiger partial charge on any atom is -0.481 e. The average molecular weight is 387 g/mol. The molecule has 0 saturated heterocycles. The van der Waals surface area contributed by atoms with Gasteiger partial charge in [-0.1, -0.05) is 18.2 Å². The maximum absolute atomic E-state index is 13.3. The summed E-state index contributed by atoms with van der Waals surface area (Å²) in [4.78, 5) is 11.2. The molecule has 0 saturated carbocycles. The fourth-order valence-electron chi connectivity index (χ4n) is 3.24. The van der Waals surface area contributed by atoms with Crippen LogP contribution in [0.1, 0.15) is 17.5 Å². The van der Waals surface area contributed by atoms with Gasteiger partial charge in [0.05, 0.1) is 10.4 Å². The Morgan fingerprint density at radius 2 is 1.89 bits per heavy atom. The number of hydrogen-bond donors (Lipinski definition) is 1. The summed E-state index contributed by atoms with van der Waals surface area (Å²) in [6.07, 6.45) is 1.60. The number of benzene rings is 2. The van der Waals surface area contributed by atoms with Gasteiger partial charge in [-0.2, -0.15) is 0 Å². The van der Waals surface area contributed by atoms with E-state index < -0.39 is 16.0 Å². The van der Waals surface area contributed by atoms with Gasteiger partial charge in [-0.05, 0) is 36.6 Å². The zero-order chi connectivity index (χ0) is 19.2. The molecule has 0 fully saturated rings. The van der Waals surface area contributed by atoms with E-state index in [1.165, 1.54) is 10.2 Å². The fourth-order valence-corrected chi connectivity index (χ4v) is 4.86. The molecule has 0 radical (unpaired) electrons. The Morgan fingerprint density at radius 3 is 2.59 bits per heavy atom. The van der Waals surface area contributed by atoms with E-state index in [9.17, 15) is 13.2 Å². The monoisotopic (exact) mass is 387 g/mol. The Labute approximate surface area is 155 Å². The lowest BCUT2D eigenvalue weighted by Crippen LogP contribution is -2.13. The minimum absolute atomic E-state index is 0.0664. The maximum Gasteiger partial charge on any atom is 0.303 e. The topological polar surface area (TPSA) is 94.8 Å². The van der Waals surface area contributed by atoms with Crippen LogP contribution in [0.5, 0.6) is 11.5 Å². The van der Waals surface area contributed by atoms with Crippen LogP contribution in [0.2, 0.25) is 0 Å². The number of aryl methyl sites for hydroxylation is 2. The smallest absolute Gasteiger partial charge is 0.303 e. The molecule has 27 heavy (non-hydrogen) atoms. The zero-order valence-corrected chi connectivity index (χ0v) is 15.3. The van der Waals surface area contributed by atoms with Crippen molar-refractivity contribution in [2.75, 3.05) is 6.79 Å². The molecular formula is C19H17NO6S. The van der Waals surface area contributed by atoms with Crippen LogP contribution in [0.15, 0.2) is 47.5 Å². The van der Waals surface area contributed by atoms with Crippen LogP contribution in [-0.2, 0) is 21.2 Å². The summed E-state index contributed by atoms with van der Waals surface area (Å²) < 4.78 is 38.6. The summed E-state index contributed by atoms with van der Waals surface area (Å²) in [6, 6.07) is 10.1. The Morgan fingerprint density at radius 1 is 1.19 bits per heavy atom. The number of carboxylic acid groups (broad SMARTS) is 1. The van der Waals surface area contributed by atoms with Crippen LogP contribution in [-0.4, -0.2) is 30.3 Å². The van der Waals surface area contributed by atoms with E-state index in [0.29, 0.717) is 33.5 Å². The first-order valence-corrected chi connectivity index (χ1v) is 9.78. The standard InChI is InChI=1S/C19H17NO6S/c1-12-4-2-3-5-18(12)27(23,24)20-10-13(6-7-19(21)22)14-8-16-17(9-15(14)20)26-11-25-16/h2-5,8-10H,6-7,11H2,1H3,(H,21,22). The van der Waals surface area contributed by atoms with Gasteiger partial charge >= 0.3 is 5.97 Å². The minimum atomic E-state index is -3.86. The highest BCUT2D eigenvalue weighted by Crippen LogP contribution is 2.39. The van der Waals surface area contributed by atoms with Crippen molar-refractivity contribution in [1.82, 2.24) is 3.97 Å². The number of carbonyl (C=O) groups is 1. The fraction of sp³-hybridized carbons (Fsp3) is 0.211. The summed E-state index contributed by atoms with van der Waals surface area (Å²) in [5, 5.41) is 9.65. The third kappa shape index (κ3) is 2.91. The van der Waals surface area contributed by atoms with Gasteiger partial charge in [-0.25, -0.2) is 12.4 Å². The number of fused-ring (bicyclic) bond motifs is 2. The number of nitrogens with zero attached hydrogens (tertiary/aromatic N) is 1. The van der Waals surface area contributed by atoms with Crippen LogP contribution in [0.4, 0.5) is 0 Å². The van der Waals surface area contributed by atoms with E-state index in [2.05, 4.69) is 0 Å². The van der Waals surface area contributed by atoms with E-state index in [1.54, 1.807) is 43.3 Å². The quantitative estimate of drug-likeness (QED) is 0.723. The zero-order valence-electron chi connectivity index (χ0n) is 14.5. The van der Waals surface area contributed by atoms with Crippen LogP contribution in [0.25, 0.3) is 10.9 Å². The maximum atomic E-state index is 13.3. The molecule has 0 atom stereocenters. The molecule has 0 unspecified atom stereocenters. The Kier molecular flexibility index (Phi) is 4.07. The molecule has 8 heteroatoms. The molecule has 1 aliphatic rings. The van der Waals surface area contributed by atoms with Crippen molar-refractivity contribution in [2.45, 2.75) is 24.7 Å². The van der Waals surface area contributed by atoms with Crippen molar-refractivity contribution in [1.29, 1.82) is 0 Å². The number of rotatable bonds is 5. The van der Waals surface area contributed by atoms with Crippen molar-refractivity contribution in [3.8, 4) is 11.5 Å². The number of carboxylic acids is 1. The van der Waals surface area contributed by atoms with E-state index in [1.807, 2.05) is 0 Å². The van der Waals surface area contributed by atoms with Crippen molar-refractivity contribution in [3.05, 3.63) is 53.7 Å². The Balaban J connectivity index is 1.95. The van der Waals surface area contributed by atoms with Gasteiger partial charge in [0, 0.05) is 24.1 Å². The molecule has 2 heterocycles. The lowest BCUT2D eigenvalue weighted by atomic mass is 10.1. The molecule has 0 bridgehead atoms. The largest absolute Gasteiger partial charge is 0.481 e. The van der Waals surface area contributed by atoms with Gasteiger partial charge in [0.15, 0.2) is 11.5 Å². The molecule has 1 N–H and O–H groups in total. The van der Waals surface area contributed by atoms with E-state index in [-0.39, 0.29) is 24.5 Å². The van der Waals surface area contributed by atoms with Crippen LogP contribution >= 0.6 is 0 Å². The van der Waals surface area contributed by atoms with Crippen molar-refractivity contribution in [2.24, 2.45) is 0 Å². The normalized spacial score (nSPS) is 13.2. The second-order valence-electron chi connectivity index (χ2n) is 6.34. The van der Waals surface area contributed by atoms with E-state index in [4.69, 9.17) is 14.6 Å². The average Bonchev–Trinajstić information content (AvgIpc) is 3.22. The molecule has 140 valence electrons. The summed E-state index contributed by atoms with van der Waals surface area (Å²) in [5.41, 5.74) is 1.69. The predicted octanol–water partition coefficient (Wildman–Crippen LogP) is 2.93. The van der Waals surface area contributed by atoms with Crippen molar-refractivity contribution >= 4 is 26.9 Å². The molecule has 2 aromatic carbocycles. The van der Waals surface area contributed by atoms with Gasteiger partial charge in [0.1, 0.15) is 0 Å². The lowest BCUT2D eigenvalue weighted by Gasteiger charge is -2.10. The van der Waals surface area contributed by atoms with Crippen molar-refractivity contribution in [3.63, 3.8) is 0 Å². The molecule has 4 rings (SSSR count). The Hall–Kier alpha value is -3.00. The van der Waals surface area contributed by atoms with Gasteiger partial charge in [0.25, 0.3) is 10.0 Å². The Bertz CT molecular complexity index is 1160. The third-order valence-corrected chi connectivity index (χ3v) is 6.42. The van der Waals surface area contributed by atoms with Crippen LogP contribution < -0.4 is 9.47 Å². The van der Waals surface area contributed by atoms with Gasteiger partial charge in [-0.3, -0.25) is 4.79 Å². The summed E-state index contributed by atoms with van der Waals surface area (Å²) in [6.45, 7) is 1.80. The molecule has 0 spiro atoms. The van der Waals surface area contributed by atoms with E-state index >= 15 is 0 Å². The first-order valence-electron chi connectivity index (χ1n) is 8.34. The number of aromatic nitrogens is 1. The van der Waals surface area contributed by atoms with Crippen LogP contribution in [0.3, 0.4) is 0 Å². The molecule has 1 aromatic heterocycles. The van der Waals surface area contributed by atoms with Gasteiger partial charge < -0.3 is 14.6 Å². The summed E-state index contributed by atoms with van der Waals surface area (Å²) >= 11 is 0. The van der Waals surface area contributed by atoms with E-state index in [0.717, 1.165) is 0 Å². The van der Waals surface area contributed by atoms with Gasteiger partial charge in [-0.15, -0.1) is 0 Å². The third-order valence-electron chi connectivity index (χ3n) is 4.59. The predicted molar refractivity (Wildman–Crippen MR) is 97.8 cm³/mol. The molecule has 0 aliphatic carbocycles. The second kappa shape index (κ2) is 6.31. The summed E-state index contributed by atoms with van der Waals surface area (Å²) in [5.74, 6) is 0.0372. The molecular weight excluding hydrogens is 370 g/mol.